The molecule has 2 aromatic carbocycles. The van der Waals surface area contributed by atoms with Crippen LogP contribution in [-0.2, 0) is 0 Å². The third kappa shape index (κ3) is 5.16. The molecule has 0 aromatic heterocycles. The third-order valence-corrected chi connectivity index (χ3v) is 4.08. The Morgan fingerprint density at radius 1 is 1.04 bits per heavy atom. The molecular formula is C20H24N2O3. The zero-order valence-electron chi connectivity index (χ0n) is 14.6. The molecule has 2 N–H and O–H groups in total. The van der Waals surface area contributed by atoms with Crippen molar-refractivity contribution in [1.82, 2.24) is 5.32 Å². The van der Waals surface area contributed by atoms with Crippen LogP contribution in [0.4, 0.5) is 5.69 Å². The van der Waals surface area contributed by atoms with E-state index in [1.165, 1.54) is 0 Å². The number of carbonyl (C=O) groups is 2. The van der Waals surface area contributed by atoms with E-state index in [0.717, 1.165) is 5.69 Å². The van der Waals surface area contributed by atoms with Gasteiger partial charge in [0.1, 0.15) is 0 Å². The smallest absolute Gasteiger partial charge is 0.258 e. The predicted molar refractivity (Wildman–Crippen MR) is 98.9 cm³/mol. The number of aliphatic hydroxyl groups is 1. The maximum atomic E-state index is 12.5. The maximum absolute atomic E-state index is 12.5. The predicted octanol–water partition coefficient (Wildman–Crippen LogP) is 2.85. The van der Waals surface area contributed by atoms with Gasteiger partial charge in [0.2, 0.25) is 0 Å². The van der Waals surface area contributed by atoms with Crippen molar-refractivity contribution in [1.29, 1.82) is 0 Å². The Labute approximate surface area is 148 Å². The van der Waals surface area contributed by atoms with Crippen molar-refractivity contribution in [2.45, 2.75) is 25.9 Å². The van der Waals surface area contributed by atoms with Crippen molar-refractivity contribution in [2.24, 2.45) is 0 Å². The van der Waals surface area contributed by atoms with Crippen molar-refractivity contribution in [2.75, 3.05) is 18.5 Å². The van der Waals surface area contributed by atoms with E-state index in [-0.39, 0.29) is 11.8 Å². The lowest BCUT2D eigenvalue weighted by Crippen LogP contribution is -2.28. The first-order valence-electron chi connectivity index (χ1n) is 8.42. The second-order valence-corrected chi connectivity index (χ2v) is 5.88. The number of rotatable bonds is 7. The van der Waals surface area contributed by atoms with E-state index in [1.54, 1.807) is 36.2 Å². The number of amides is 2. The number of aliphatic hydroxyl groups excluding tert-OH is 1. The van der Waals surface area contributed by atoms with Gasteiger partial charge in [-0.1, -0.05) is 25.1 Å². The highest BCUT2D eigenvalue weighted by Crippen LogP contribution is 2.15. The molecule has 2 aromatic rings. The third-order valence-electron chi connectivity index (χ3n) is 4.08. The molecular weight excluding hydrogens is 316 g/mol. The van der Waals surface area contributed by atoms with Crippen molar-refractivity contribution in [3.05, 3.63) is 65.7 Å². The highest BCUT2D eigenvalue weighted by atomic mass is 16.3. The second kappa shape index (κ2) is 8.99. The summed E-state index contributed by atoms with van der Waals surface area (Å²) in [6.07, 6.45) is 0.802. The number of nitrogens with one attached hydrogen (secondary N) is 1. The molecule has 0 fully saturated rings. The van der Waals surface area contributed by atoms with Gasteiger partial charge in [0.25, 0.3) is 11.8 Å². The summed E-state index contributed by atoms with van der Waals surface area (Å²) in [5.74, 6) is -0.344. The summed E-state index contributed by atoms with van der Waals surface area (Å²) in [5, 5.41) is 12.3. The average molecular weight is 340 g/mol. The summed E-state index contributed by atoms with van der Waals surface area (Å²) in [7, 11) is 1.72. The molecule has 0 spiro atoms. The number of hydrogen-bond donors (Lipinski definition) is 2. The number of para-hydroxylation sites is 1. The maximum Gasteiger partial charge on any atom is 0.258 e. The molecule has 0 saturated carbocycles. The van der Waals surface area contributed by atoms with E-state index in [9.17, 15) is 14.7 Å². The van der Waals surface area contributed by atoms with E-state index < -0.39 is 6.10 Å². The van der Waals surface area contributed by atoms with Crippen LogP contribution in [-0.4, -0.2) is 36.6 Å². The normalized spacial score (nSPS) is 11.6. The lowest BCUT2D eigenvalue weighted by atomic mass is 10.1. The van der Waals surface area contributed by atoms with Gasteiger partial charge in [-0.25, -0.2) is 0 Å². The lowest BCUT2D eigenvalue weighted by molar-refractivity contribution is 0.0939. The van der Waals surface area contributed by atoms with E-state index in [4.69, 9.17) is 0 Å². The summed E-state index contributed by atoms with van der Waals surface area (Å²) in [6.45, 7) is 2.32. The number of benzene rings is 2. The summed E-state index contributed by atoms with van der Waals surface area (Å²) >= 11 is 0. The van der Waals surface area contributed by atoms with Gasteiger partial charge in [-0.15, -0.1) is 0 Å². The molecule has 0 aliphatic heterocycles. The van der Waals surface area contributed by atoms with Crippen molar-refractivity contribution in [3.63, 3.8) is 0 Å². The van der Waals surface area contributed by atoms with Crippen LogP contribution in [0.5, 0.6) is 0 Å². The molecule has 0 heterocycles. The number of anilines is 1. The Hall–Kier alpha value is -2.66. The van der Waals surface area contributed by atoms with Gasteiger partial charge in [0.15, 0.2) is 0 Å². The molecule has 0 radical (unpaired) electrons. The SMILES string of the molecule is CCC(O)CCNC(=O)c1ccc(C(=O)N(C)c2ccccc2)cc1. The molecule has 1 unspecified atom stereocenters. The van der Waals surface area contributed by atoms with E-state index in [2.05, 4.69) is 5.32 Å². The van der Waals surface area contributed by atoms with Gasteiger partial charge in [-0.3, -0.25) is 9.59 Å². The molecule has 0 saturated heterocycles. The van der Waals surface area contributed by atoms with Gasteiger partial charge in [0, 0.05) is 30.4 Å². The van der Waals surface area contributed by atoms with Gasteiger partial charge < -0.3 is 15.3 Å². The van der Waals surface area contributed by atoms with Gasteiger partial charge in [-0.2, -0.15) is 0 Å². The fraction of sp³-hybridized carbons (Fsp3) is 0.300. The first-order valence-corrected chi connectivity index (χ1v) is 8.42. The highest BCUT2D eigenvalue weighted by Gasteiger charge is 2.14. The number of hydrogen-bond acceptors (Lipinski definition) is 3. The van der Waals surface area contributed by atoms with Crippen LogP contribution in [0.15, 0.2) is 54.6 Å². The molecule has 2 rings (SSSR count). The number of carbonyl (C=O) groups excluding carboxylic acids is 2. The Morgan fingerprint density at radius 3 is 2.24 bits per heavy atom. The summed E-state index contributed by atoms with van der Waals surface area (Å²) < 4.78 is 0. The molecule has 1 atom stereocenters. The minimum Gasteiger partial charge on any atom is -0.393 e. The quantitative estimate of drug-likeness (QED) is 0.814. The zero-order chi connectivity index (χ0) is 18.2. The van der Waals surface area contributed by atoms with Crippen LogP contribution in [0.3, 0.4) is 0 Å². The number of nitrogens with zero attached hydrogens (tertiary/aromatic N) is 1. The van der Waals surface area contributed by atoms with Crippen LogP contribution >= 0.6 is 0 Å². The van der Waals surface area contributed by atoms with Crippen LogP contribution in [0.1, 0.15) is 40.5 Å². The van der Waals surface area contributed by atoms with Gasteiger partial charge >= 0.3 is 0 Å². The Kier molecular flexibility index (Phi) is 6.71. The fourth-order valence-electron chi connectivity index (χ4n) is 2.39. The monoisotopic (exact) mass is 340 g/mol. The Bertz CT molecular complexity index is 699. The van der Waals surface area contributed by atoms with Crippen LogP contribution < -0.4 is 10.2 Å². The molecule has 132 valence electrons. The van der Waals surface area contributed by atoms with Crippen LogP contribution in [0.25, 0.3) is 0 Å². The molecule has 5 nitrogen and oxygen atoms in total. The van der Waals surface area contributed by atoms with E-state index in [0.29, 0.717) is 30.5 Å². The van der Waals surface area contributed by atoms with Crippen LogP contribution in [0.2, 0.25) is 0 Å². The summed E-state index contributed by atoms with van der Waals surface area (Å²) in [6, 6.07) is 16.0. The van der Waals surface area contributed by atoms with Crippen molar-refractivity contribution in [3.8, 4) is 0 Å². The first-order chi connectivity index (χ1) is 12.0. The Balaban J connectivity index is 1.97. The zero-order valence-corrected chi connectivity index (χ0v) is 14.6. The molecule has 0 aliphatic rings. The average Bonchev–Trinajstić information content (AvgIpc) is 2.67. The highest BCUT2D eigenvalue weighted by molar-refractivity contribution is 6.06. The van der Waals surface area contributed by atoms with Gasteiger partial charge in [0.05, 0.1) is 6.10 Å². The fourth-order valence-corrected chi connectivity index (χ4v) is 2.39. The van der Waals surface area contributed by atoms with E-state index in [1.807, 2.05) is 37.3 Å². The molecule has 5 heteroatoms. The standard InChI is InChI=1S/C20H24N2O3/c1-3-18(23)13-14-21-19(24)15-9-11-16(12-10-15)20(25)22(2)17-7-5-4-6-8-17/h4-12,18,23H,3,13-14H2,1-2H3,(H,21,24). The largest absolute Gasteiger partial charge is 0.393 e. The minimum atomic E-state index is -0.395. The van der Waals surface area contributed by atoms with Crippen molar-refractivity contribution < 1.29 is 14.7 Å². The minimum absolute atomic E-state index is 0.135. The van der Waals surface area contributed by atoms with E-state index >= 15 is 0 Å². The lowest BCUT2D eigenvalue weighted by Gasteiger charge is -2.17. The van der Waals surface area contributed by atoms with Gasteiger partial charge in [-0.05, 0) is 49.2 Å². The molecule has 0 aliphatic carbocycles. The van der Waals surface area contributed by atoms with Crippen molar-refractivity contribution >= 4 is 17.5 Å². The first kappa shape index (κ1) is 18.7. The molecule has 0 bridgehead atoms. The molecule has 2 amide bonds. The summed E-state index contributed by atoms with van der Waals surface area (Å²) in [4.78, 5) is 26.1. The van der Waals surface area contributed by atoms with Crippen LogP contribution in [0, 0.1) is 0 Å². The topological polar surface area (TPSA) is 69.6 Å². The summed E-state index contributed by atoms with van der Waals surface area (Å²) in [5.41, 5.74) is 1.82. The molecule has 25 heavy (non-hydrogen) atoms. The second-order valence-electron chi connectivity index (χ2n) is 5.88. The Morgan fingerprint density at radius 2 is 1.64 bits per heavy atom.